The van der Waals surface area contributed by atoms with Gasteiger partial charge in [-0.3, -0.25) is 0 Å². The molecule has 0 aliphatic carbocycles. The summed E-state index contributed by atoms with van der Waals surface area (Å²) in [5.41, 5.74) is 1.82. The van der Waals surface area contributed by atoms with Crippen molar-refractivity contribution in [3.05, 3.63) is 29.8 Å². The summed E-state index contributed by atoms with van der Waals surface area (Å²) in [4.78, 5) is 4.79. The SMILES string of the molecule is CC(C)C1(c2nc3ccc(F)cc3n2C)CCNC1. The average molecular weight is 261 g/mol. The highest BCUT2D eigenvalue weighted by atomic mass is 19.1. The van der Waals surface area contributed by atoms with Gasteiger partial charge in [0.25, 0.3) is 0 Å². The molecule has 0 saturated carbocycles. The first kappa shape index (κ1) is 12.6. The predicted octanol–water partition coefficient (Wildman–Crippen LogP) is 2.60. The summed E-state index contributed by atoms with van der Waals surface area (Å²) in [5, 5.41) is 3.45. The van der Waals surface area contributed by atoms with Gasteiger partial charge in [0.1, 0.15) is 11.6 Å². The van der Waals surface area contributed by atoms with Crippen LogP contribution in [0.4, 0.5) is 4.39 Å². The number of rotatable bonds is 2. The lowest BCUT2D eigenvalue weighted by atomic mass is 9.75. The van der Waals surface area contributed by atoms with Gasteiger partial charge in [0, 0.05) is 19.0 Å². The molecule has 4 heteroatoms. The van der Waals surface area contributed by atoms with Crippen LogP contribution in [0.5, 0.6) is 0 Å². The molecule has 1 fully saturated rings. The number of hydrogen-bond acceptors (Lipinski definition) is 2. The van der Waals surface area contributed by atoms with Crippen molar-refractivity contribution in [2.75, 3.05) is 13.1 Å². The van der Waals surface area contributed by atoms with Gasteiger partial charge in [-0.2, -0.15) is 0 Å². The van der Waals surface area contributed by atoms with Crippen LogP contribution in [-0.2, 0) is 12.5 Å². The third-order valence-electron chi connectivity index (χ3n) is 4.58. The molecule has 3 nitrogen and oxygen atoms in total. The van der Waals surface area contributed by atoms with Crippen LogP contribution in [0.3, 0.4) is 0 Å². The lowest BCUT2D eigenvalue weighted by molar-refractivity contribution is 0.311. The normalized spacial score (nSPS) is 23.6. The Kier molecular flexibility index (Phi) is 2.86. The van der Waals surface area contributed by atoms with E-state index in [1.54, 1.807) is 12.1 Å². The zero-order chi connectivity index (χ0) is 13.6. The summed E-state index contributed by atoms with van der Waals surface area (Å²) in [6, 6.07) is 4.82. The molecule has 19 heavy (non-hydrogen) atoms. The zero-order valence-electron chi connectivity index (χ0n) is 11.7. The Morgan fingerprint density at radius 3 is 2.84 bits per heavy atom. The Balaban J connectivity index is 2.22. The molecule has 2 heterocycles. The molecule has 0 amide bonds. The van der Waals surface area contributed by atoms with Gasteiger partial charge in [0.05, 0.1) is 11.0 Å². The first-order chi connectivity index (χ1) is 9.04. The van der Waals surface area contributed by atoms with E-state index in [-0.39, 0.29) is 11.2 Å². The van der Waals surface area contributed by atoms with Crippen LogP contribution in [0.15, 0.2) is 18.2 Å². The van der Waals surface area contributed by atoms with Crippen LogP contribution >= 0.6 is 0 Å². The summed E-state index contributed by atoms with van der Waals surface area (Å²) in [5.74, 6) is 1.38. The van der Waals surface area contributed by atoms with Crippen molar-refractivity contribution in [3.63, 3.8) is 0 Å². The van der Waals surface area contributed by atoms with Gasteiger partial charge in [-0.1, -0.05) is 13.8 Å². The number of hydrogen-bond donors (Lipinski definition) is 1. The van der Waals surface area contributed by atoms with E-state index in [4.69, 9.17) is 4.98 Å². The van der Waals surface area contributed by atoms with E-state index in [1.165, 1.54) is 6.07 Å². The number of benzene rings is 1. The number of nitrogens with one attached hydrogen (secondary N) is 1. The monoisotopic (exact) mass is 261 g/mol. The molecule has 0 radical (unpaired) electrons. The first-order valence-corrected chi connectivity index (χ1v) is 6.88. The minimum Gasteiger partial charge on any atom is -0.331 e. The molecule has 3 rings (SSSR count). The van der Waals surface area contributed by atoms with E-state index >= 15 is 0 Å². The first-order valence-electron chi connectivity index (χ1n) is 6.88. The lowest BCUT2D eigenvalue weighted by Gasteiger charge is -2.32. The second-order valence-electron chi connectivity index (χ2n) is 5.87. The highest BCUT2D eigenvalue weighted by Gasteiger charge is 2.42. The van der Waals surface area contributed by atoms with Crippen molar-refractivity contribution in [1.82, 2.24) is 14.9 Å². The van der Waals surface area contributed by atoms with Crippen LogP contribution in [-0.4, -0.2) is 22.6 Å². The van der Waals surface area contributed by atoms with Gasteiger partial charge in [-0.15, -0.1) is 0 Å². The van der Waals surface area contributed by atoms with Crippen LogP contribution in [0, 0.1) is 11.7 Å². The lowest BCUT2D eigenvalue weighted by Crippen LogP contribution is -2.37. The molecule has 1 aromatic heterocycles. The molecule has 1 aliphatic heterocycles. The molecule has 1 aromatic carbocycles. The molecule has 1 N–H and O–H groups in total. The van der Waals surface area contributed by atoms with Crippen molar-refractivity contribution in [2.24, 2.45) is 13.0 Å². The number of aromatic nitrogens is 2. The maximum atomic E-state index is 13.4. The summed E-state index contributed by atoms with van der Waals surface area (Å²) < 4.78 is 15.5. The third kappa shape index (κ3) is 1.77. The minimum atomic E-state index is -0.204. The Bertz CT molecular complexity index is 609. The Morgan fingerprint density at radius 2 is 2.21 bits per heavy atom. The van der Waals surface area contributed by atoms with E-state index in [0.29, 0.717) is 5.92 Å². The van der Waals surface area contributed by atoms with Crippen LogP contribution in [0.2, 0.25) is 0 Å². The van der Waals surface area contributed by atoms with E-state index in [0.717, 1.165) is 36.4 Å². The van der Waals surface area contributed by atoms with Gasteiger partial charge in [0.15, 0.2) is 0 Å². The highest BCUT2D eigenvalue weighted by Crippen LogP contribution is 2.38. The topological polar surface area (TPSA) is 29.9 Å². The number of fused-ring (bicyclic) bond motifs is 1. The number of halogens is 1. The van der Waals surface area contributed by atoms with Gasteiger partial charge in [0.2, 0.25) is 0 Å². The van der Waals surface area contributed by atoms with Crippen molar-refractivity contribution < 1.29 is 4.39 Å². The van der Waals surface area contributed by atoms with E-state index in [2.05, 4.69) is 23.7 Å². The summed E-state index contributed by atoms with van der Waals surface area (Å²) in [6.45, 7) is 6.46. The number of aryl methyl sites for hydroxylation is 1. The van der Waals surface area contributed by atoms with Crippen molar-refractivity contribution >= 4 is 11.0 Å². The fraction of sp³-hybridized carbons (Fsp3) is 0.533. The minimum absolute atomic E-state index is 0.0598. The summed E-state index contributed by atoms with van der Waals surface area (Å²) in [7, 11) is 1.99. The quantitative estimate of drug-likeness (QED) is 0.900. The Morgan fingerprint density at radius 1 is 1.42 bits per heavy atom. The molecule has 0 spiro atoms. The number of imidazole rings is 1. The van der Waals surface area contributed by atoms with Crippen LogP contribution < -0.4 is 5.32 Å². The van der Waals surface area contributed by atoms with E-state index in [9.17, 15) is 4.39 Å². The molecule has 1 aliphatic rings. The van der Waals surface area contributed by atoms with Crippen LogP contribution in [0.25, 0.3) is 11.0 Å². The average Bonchev–Trinajstić information content (AvgIpc) is 2.96. The van der Waals surface area contributed by atoms with Gasteiger partial charge in [-0.25, -0.2) is 9.37 Å². The van der Waals surface area contributed by atoms with Crippen molar-refractivity contribution in [3.8, 4) is 0 Å². The van der Waals surface area contributed by atoms with E-state index in [1.807, 2.05) is 7.05 Å². The molecule has 102 valence electrons. The highest BCUT2D eigenvalue weighted by molar-refractivity contribution is 5.76. The smallest absolute Gasteiger partial charge is 0.125 e. The summed E-state index contributed by atoms with van der Waals surface area (Å²) >= 11 is 0. The van der Waals surface area contributed by atoms with Gasteiger partial charge < -0.3 is 9.88 Å². The second-order valence-corrected chi connectivity index (χ2v) is 5.87. The second kappa shape index (κ2) is 4.30. The molecule has 2 aromatic rings. The maximum Gasteiger partial charge on any atom is 0.125 e. The molecule has 0 bridgehead atoms. The van der Waals surface area contributed by atoms with Crippen molar-refractivity contribution in [2.45, 2.75) is 25.7 Å². The van der Waals surface area contributed by atoms with E-state index < -0.39 is 0 Å². The molecule has 1 saturated heterocycles. The number of nitrogens with zero attached hydrogens (tertiary/aromatic N) is 2. The van der Waals surface area contributed by atoms with Crippen molar-refractivity contribution in [1.29, 1.82) is 0 Å². The van der Waals surface area contributed by atoms with Gasteiger partial charge in [-0.05, 0) is 37.1 Å². The Labute approximate surface area is 112 Å². The Hall–Kier alpha value is -1.42. The molecular weight excluding hydrogens is 241 g/mol. The zero-order valence-corrected chi connectivity index (χ0v) is 11.7. The van der Waals surface area contributed by atoms with Crippen LogP contribution in [0.1, 0.15) is 26.1 Å². The molecular formula is C15H20FN3. The third-order valence-corrected chi connectivity index (χ3v) is 4.58. The standard InChI is InChI=1S/C15H20FN3/c1-10(2)15(6-7-17-9-15)14-18-12-5-4-11(16)8-13(12)19(14)3/h4-5,8,10,17H,6-7,9H2,1-3H3. The van der Waals surface area contributed by atoms with Gasteiger partial charge >= 0.3 is 0 Å². The summed E-state index contributed by atoms with van der Waals surface area (Å²) in [6.07, 6.45) is 1.09. The largest absolute Gasteiger partial charge is 0.331 e. The fourth-order valence-corrected chi connectivity index (χ4v) is 3.26. The molecule has 1 unspecified atom stereocenters. The predicted molar refractivity (Wildman–Crippen MR) is 74.7 cm³/mol. The molecule has 1 atom stereocenters. The fourth-order valence-electron chi connectivity index (χ4n) is 3.26. The maximum absolute atomic E-state index is 13.4.